The lowest BCUT2D eigenvalue weighted by Gasteiger charge is -2.50. The fourth-order valence-corrected chi connectivity index (χ4v) is 5.65. The van der Waals surface area contributed by atoms with E-state index in [-0.39, 0.29) is 29.7 Å². The van der Waals surface area contributed by atoms with Crippen LogP contribution in [-0.4, -0.2) is 82.6 Å². The molecule has 0 saturated carbocycles. The van der Waals surface area contributed by atoms with Gasteiger partial charge in [0.05, 0.1) is 11.6 Å². The summed E-state index contributed by atoms with van der Waals surface area (Å²) in [7, 11) is 6.79. The molecule has 33 heavy (non-hydrogen) atoms. The highest BCUT2D eigenvalue weighted by molar-refractivity contribution is 6.24. The average molecular weight is 457 g/mol. The van der Waals surface area contributed by atoms with Crippen molar-refractivity contribution in [2.24, 2.45) is 17.6 Å². The van der Waals surface area contributed by atoms with Crippen LogP contribution in [0.4, 0.5) is 5.69 Å². The van der Waals surface area contributed by atoms with Gasteiger partial charge >= 0.3 is 0 Å². The van der Waals surface area contributed by atoms with Gasteiger partial charge in [0, 0.05) is 31.3 Å². The van der Waals surface area contributed by atoms with E-state index in [0.29, 0.717) is 5.56 Å². The number of likely N-dealkylation sites (N-methyl/N-ethyl adjacent to an activating group) is 1. The number of primary amides is 1. The van der Waals surface area contributed by atoms with Crippen molar-refractivity contribution in [3.8, 4) is 5.75 Å². The molecule has 6 N–H and O–H groups in total. The number of aromatic hydroxyl groups is 1. The number of carbonyl (C=O) groups is 3. The first-order chi connectivity index (χ1) is 15.3. The molecule has 176 valence electrons. The number of aliphatic hydroxyl groups is 3. The molecular formula is C23H27N3O7. The lowest BCUT2D eigenvalue weighted by molar-refractivity contribution is -0.148. The average Bonchev–Trinajstić information content (AvgIpc) is 2.70. The van der Waals surface area contributed by atoms with Crippen LogP contribution in [0.3, 0.4) is 0 Å². The van der Waals surface area contributed by atoms with Gasteiger partial charge < -0.3 is 31.1 Å². The van der Waals surface area contributed by atoms with Crippen LogP contribution in [0.15, 0.2) is 34.8 Å². The zero-order chi connectivity index (χ0) is 24.6. The maximum absolute atomic E-state index is 13.5. The van der Waals surface area contributed by atoms with Crippen LogP contribution in [0.25, 0.3) is 0 Å². The van der Waals surface area contributed by atoms with Crippen molar-refractivity contribution >= 4 is 23.2 Å². The summed E-state index contributed by atoms with van der Waals surface area (Å²) in [5.74, 6) is -6.53. The molecule has 3 aliphatic carbocycles. The summed E-state index contributed by atoms with van der Waals surface area (Å²) in [4.78, 5) is 42.0. The third kappa shape index (κ3) is 2.90. The summed E-state index contributed by atoms with van der Waals surface area (Å²) < 4.78 is 0. The van der Waals surface area contributed by atoms with Gasteiger partial charge in [-0.15, -0.1) is 0 Å². The Morgan fingerprint density at radius 1 is 1.12 bits per heavy atom. The number of fused-ring (bicyclic) bond motifs is 3. The molecule has 3 aliphatic rings. The van der Waals surface area contributed by atoms with Crippen LogP contribution >= 0.6 is 0 Å². The highest BCUT2D eigenvalue weighted by atomic mass is 16.3. The summed E-state index contributed by atoms with van der Waals surface area (Å²) in [6.07, 6.45) is 0.324. The third-order valence-electron chi connectivity index (χ3n) is 7.06. The summed E-state index contributed by atoms with van der Waals surface area (Å²) in [5, 5.41) is 43.9. The predicted octanol–water partition coefficient (Wildman–Crippen LogP) is 0.187. The van der Waals surface area contributed by atoms with E-state index in [4.69, 9.17) is 5.73 Å². The maximum Gasteiger partial charge on any atom is 0.255 e. The smallest absolute Gasteiger partial charge is 0.255 e. The number of nitrogens with two attached hydrogens (primary N) is 1. The molecule has 10 heteroatoms. The number of hydrogen-bond acceptors (Lipinski definition) is 9. The summed E-state index contributed by atoms with van der Waals surface area (Å²) in [6.45, 7) is 0. The Bertz CT molecular complexity index is 1170. The number of aliphatic hydroxyl groups excluding tert-OH is 2. The van der Waals surface area contributed by atoms with E-state index in [1.54, 1.807) is 39.2 Å². The first-order valence-corrected chi connectivity index (χ1v) is 10.5. The summed E-state index contributed by atoms with van der Waals surface area (Å²) in [5.41, 5.74) is 3.02. The number of hydrogen-bond donors (Lipinski definition) is 5. The molecule has 10 nitrogen and oxygen atoms in total. The zero-order valence-electron chi connectivity index (χ0n) is 18.8. The molecule has 0 aliphatic heterocycles. The number of nitrogens with zero attached hydrogens (tertiary/aromatic N) is 2. The standard InChI is InChI=1S/C23H27N3O7/c1-25(2)12-5-6-13(27)15-10(12)7-9-8-11-17(26(3)4)19(29)16(22(24)32)21(31)23(11,33)20(30)14(9)18(15)28/h5-6,9,11,17,27,29-30,33H,7-8H2,1-4H3,(H2,24,32)/t9-,11-,17+,23-/m0/s1. The van der Waals surface area contributed by atoms with E-state index < -0.39 is 58.0 Å². The predicted molar refractivity (Wildman–Crippen MR) is 118 cm³/mol. The number of rotatable bonds is 3. The first-order valence-electron chi connectivity index (χ1n) is 10.5. The summed E-state index contributed by atoms with van der Waals surface area (Å²) in [6, 6.07) is 2.06. The van der Waals surface area contributed by atoms with Crippen molar-refractivity contribution in [2.75, 3.05) is 33.1 Å². The van der Waals surface area contributed by atoms with Gasteiger partial charge in [0.1, 0.15) is 22.8 Å². The molecular weight excluding hydrogens is 430 g/mol. The lowest BCUT2D eigenvalue weighted by Crippen LogP contribution is -2.63. The number of benzene rings is 1. The SMILES string of the molecule is CN(C)c1ccc(O)c2c1C[C@H]1C[C@H]3[C@@H](N(C)C)C(O)=C(C(N)=O)C(=O)[C@@]3(O)C(O)=C1C2=O. The number of phenolic OH excluding ortho intramolecular Hbond substituents is 1. The van der Waals surface area contributed by atoms with Crippen molar-refractivity contribution in [1.82, 2.24) is 4.90 Å². The minimum atomic E-state index is -2.63. The molecule has 1 aromatic rings. The first kappa shape index (κ1) is 22.8. The van der Waals surface area contributed by atoms with Crippen LogP contribution in [0, 0.1) is 11.8 Å². The monoisotopic (exact) mass is 457 g/mol. The zero-order valence-corrected chi connectivity index (χ0v) is 18.8. The lowest BCUT2D eigenvalue weighted by atomic mass is 9.58. The molecule has 0 spiro atoms. The Morgan fingerprint density at radius 3 is 2.30 bits per heavy atom. The molecule has 0 saturated heterocycles. The van der Waals surface area contributed by atoms with Crippen molar-refractivity contribution in [3.05, 3.63) is 45.9 Å². The molecule has 1 aromatic carbocycles. The quantitative estimate of drug-likeness (QED) is 0.398. The van der Waals surface area contributed by atoms with E-state index in [2.05, 4.69) is 0 Å². The van der Waals surface area contributed by atoms with Crippen LogP contribution < -0.4 is 10.6 Å². The minimum absolute atomic E-state index is 0.00184. The van der Waals surface area contributed by atoms with Gasteiger partial charge in [0.2, 0.25) is 5.78 Å². The minimum Gasteiger partial charge on any atom is -0.510 e. The normalized spacial score (nSPS) is 29.1. The van der Waals surface area contributed by atoms with E-state index >= 15 is 0 Å². The number of anilines is 1. The number of allylic oxidation sites excluding steroid dienone is 1. The number of Topliss-reactive ketones (excluding diaryl/α,β-unsaturated/α-hetero) is 2. The van der Waals surface area contributed by atoms with E-state index in [0.717, 1.165) is 5.69 Å². The Balaban J connectivity index is 1.98. The fourth-order valence-electron chi connectivity index (χ4n) is 5.65. The van der Waals surface area contributed by atoms with Crippen LogP contribution in [0.1, 0.15) is 22.3 Å². The Labute approximate surface area is 190 Å². The molecule has 0 radical (unpaired) electrons. The van der Waals surface area contributed by atoms with E-state index in [1.165, 1.54) is 11.0 Å². The van der Waals surface area contributed by atoms with Gasteiger partial charge in [-0.1, -0.05) is 0 Å². The van der Waals surface area contributed by atoms with Gasteiger partial charge in [-0.3, -0.25) is 19.3 Å². The van der Waals surface area contributed by atoms with Crippen LogP contribution in [0.2, 0.25) is 0 Å². The molecule has 1 amide bonds. The molecule has 4 rings (SSSR count). The second-order valence-corrected chi connectivity index (χ2v) is 9.31. The van der Waals surface area contributed by atoms with Gasteiger partial charge in [-0.25, -0.2) is 0 Å². The van der Waals surface area contributed by atoms with Crippen LogP contribution in [-0.2, 0) is 16.0 Å². The van der Waals surface area contributed by atoms with E-state index in [9.17, 15) is 34.8 Å². The van der Waals surface area contributed by atoms with Crippen LogP contribution in [0.5, 0.6) is 5.75 Å². The number of carbonyl (C=O) groups excluding carboxylic acids is 3. The maximum atomic E-state index is 13.5. The largest absolute Gasteiger partial charge is 0.510 e. The highest BCUT2D eigenvalue weighted by Crippen LogP contribution is 2.52. The van der Waals surface area contributed by atoms with E-state index in [1.807, 2.05) is 0 Å². The van der Waals surface area contributed by atoms with Gasteiger partial charge in [-0.2, -0.15) is 0 Å². The van der Waals surface area contributed by atoms with Crippen molar-refractivity contribution < 1.29 is 34.8 Å². The molecule has 4 atom stereocenters. The van der Waals surface area contributed by atoms with Crippen molar-refractivity contribution in [2.45, 2.75) is 24.5 Å². The van der Waals surface area contributed by atoms with Gasteiger partial charge in [0.15, 0.2) is 11.4 Å². The Kier molecular flexibility index (Phi) is 5.06. The van der Waals surface area contributed by atoms with Crippen molar-refractivity contribution in [1.29, 1.82) is 0 Å². The number of amides is 1. The molecule has 0 bridgehead atoms. The molecule has 0 aromatic heterocycles. The Morgan fingerprint density at radius 2 is 1.76 bits per heavy atom. The molecule has 0 unspecified atom stereocenters. The second kappa shape index (κ2) is 7.32. The third-order valence-corrected chi connectivity index (χ3v) is 7.06. The van der Waals surface area contributed by atoms with Gasteiger partial charge in [0.25, 0.3) is 5.91 Å². The number of ketones is 2. The van der Waals surface area contributed by atoms with Crippen molar-refractivity contribution in [3.63, 3.8) is 0 Å². The van der Waals surface area contributed by atoms with Gasteiger partial charge in [-0.05, 0) is 50.6 Å². The molecule has 0 heterocycles. The summed E-state index contributed by atoms with van der Waals surface area (Å²) >= 11 is 0. The fraction of sp³-hybridized carbons (Fsp3) is 0.435. The topological polar surface area (TPSA) is 165 Å². The molecule has 0 fully saturated rings. The Hall–Kier alpha value is -3.37. The highest BCUT2D eigenvalue weighted by Gasteiger charge is 2.63. The number of phenols is 1. The second-order valence-electron chi connectivity index (χ2n) is 9.31.